The van der Waals surface area contributed by atoms with Crippen molar-refractivity contribution in [3.63, 3.8) is 0 Å². The number of hydrogen-bond acceptors (Lipinski definition) is 3. The summed E-state index contributed by atoms with van der Waals surface area (Å²) in [6, 6.07) is 0. The van der Waals surface area contributed by atoms with Crippen LogP contribution in [0, 0.1) is 13.8 Å². The second kappa shape index (κ2) is 5.18. The minimum Gasteiger partial charge on any atom is -0.270 e. The Morgan fingerprint density at radius 2 is 1.94 bits per heavy atom. The summed E-state index contributed by atoms with van der Waals surface area (Å²) in [5, 5.41) is 4.42. The first-order chi connectivity index (χ1) is 7.77. The van der Waals surface area contributed by atoms with Crippen molar-refractivity contribution >= 4 is 10.0 Å². The van der Waals surface area contributed by atoms with Crippen LogP contribution in [0.5, 0.6) is 0 Å². The van der Waals surface area contributed by atoms with Crippen molar-refractivity contribution in [3.8, 4) is 0 Å². The molecule has 0 bridgehead atoms. The highest BCUT2D eigenvalue weighted by Crippen LogP contribution is 2.14. The highest BCUT2D eigenvalue weighted by Gasteiger charge is 2.14. The first-order valence-electron chi connectivity index (χ1n) is 5.71. The van der Waals surface area contributed by atoms with Crippen LogP contribution in [0.2, 0.25) is 0 Å². The molecule has 1 aromatic heterocycles. The molecular formula is C11H21N3O2S. The lowest BCUT2D eigenvalue weighted by molar-refractivity contribution is 0.477. The molecule has 17 heavy (non-hydrogen) atoms. The van der Waals surface area contributed by atoms with Gasteiger partial charge in [0.2, 0.25) is 10.0 Å². The molecule has 6 heteroatoms. The van der Waals surface area contributed by atoms with Gasteiger partial charge in [0, 0.05) is 25.8 Å². The van der Waals surface area contributed by atoms with E-state index in [-0.39, 0.29) is 0 Å². The molecule has 0 radical (unpaired) electrons. The summed E-state index contributed by atoms with van der Waals surface area (Å²) in [6.07, 6.45) is 1.93. The third kappa shape index (κ3) is 3.29. The van der Waals surface area contributed by atoms with Crippen LogP contribution >= 0.6 is 0 Å². The molecule has 0 fully saturated rings. The summed E-state index contributed by atoms with van der Waals surface area (Å²) in [7, 11) is -1.49. The lowest BCUT2D eigenvalue weighted by Gasteiger charge is -2.13. The molecule has 0 aliphatic heterocycles. The number of aromatic nitrogens is 2. The van der Waals surface area contributed by atoms with Gasteiger partial charge in [-0.3, -0.25) is 4.68 Å². The predicted molar refractivity (Wildman–Crippen MR) is 68.6 cm³/mol. The summed E-state index contributed by atoms with van der Waals surface area (Å²) in [6.45, 7) is 7.38. The number of nitrogens with zero attached hydrogens (tertiary/aromatic N) is 3. The first kappa shape index (κ1) is 14.2. The van der Waals surface area contributed by atoms with Gasteiger partial charge in [-0.25, -0.2) is 12.7 Å². The van der Waals surface area contributed by atoms with Gasteiger partial charge in [0.15, 0.2) is 0 Å². The summed E-state index contributed by atoms with van der Waals surface area (Å²) >= 11 is 0. The van der Waals surface area contributed by atoms with Gasteiger partial charge in [0.05, 0.1) is 11.9 Å². The zero-order chi connectivity index (χ0) is 13.2. The maximum absolute atomic E-state index is 11.3. The molecule has 0 saturated carbocycles. The van der Waals surface area contributed by atoms with Gasteiger partial charge in [0.1, 0.15) is 0 Å². The van der Waals surface area contributed by atoms with Crippen LogP contribution in [0.15, 0.2) is 0 Å². The predicted octanol–water partition coefficient (Wildman–Crippen LogP) is 0.954. The molecule has 98 valence electrons. The van der Waals surface area contributed by atoms with Gasteiger partial charge >= 0.3 is 0 Å². The molecule has 0 aliphatic carbocycles. The fraction of sp³-hybridized carbons (Fsp3) is 0.727. The standard InChI is InChI=1S/C11H21N3O2S/c1-6-14-10(3)11(9(2)12-14)7-8-13(4)17(5,15)16/h6-8H2,1-5H3. The Balaban J connectivity index is 2.80. The summed E-state index contributed by atoms with van der Waals surface area (Å²) in [4.78, 5) is 0. The Morgan fingerprint density at radius 3 is 2.35 bits per heavy atom. The minimum atomic E-state index is -3.09. The largest absolute Gasteiger partial charge is 0.270 e. The van der Waals surface area contributed by atoms with E-state index in [9.17, 15) is 8.42 Å². The molecular weight excluding hydrogens is 238 g/mol. The van der Waals surface area contributed by atoms with E-state index in [2.05, 4.69) is 5.10 Å². The average Bonchev–Trinajstić information content (AvgIpc) is 2.49. The zero-order valence-electron chi connectivity index (χ0n) is 11.2. The lowest BCUT2D eigenvalue weighted by atomic mass is 10.1. The Hall–Kier alpha value is -0.880. The fourth-order valence-electron chi connectivity index (χ4n) is 1.84. The molecule has 5 nitrogen and oxygen atoms in total. The van der Waals surface area contributed by atoms with Crippen molar-refractivity contribution in [2.75, 3.05) is 19.8 Å². The monoisotopic (exact) mass is 259 g/mol. The van der Waals surface area contributed by atoms with Gasteiger partial charge in [-0.05, 0) is 32.8 Å². The second-order valence-electron chi connectivity index (χ2n) is 4.30. The molecule has 1 aromatic rings. The number of sulfonamides is 1. The quantitative estimate of drug-likeness (QED) is 0.791. The molecule has 0 unspecified atom stereocenters. The molecule has 1 rings (SSSR count). The van der Waals surface area contributed by atoms with Crippen LogP contribution in [0.4, 0.5) is 0 Å². The maximum Gasteiger partial charge on any atom is 0.210 e. The highest BCUT2D eigenvalue weighted by atomic mass is 32.2. The van der Waals surface area contributed by atoms with Gasteiger partial charge in [-0.15, -0.1) is 0 Å². The SMILES string of the molecule is CCn1nc(C)c(CCN(C)S(C)(=O)=O)c1C. The molecule has 0 aromatic carbocycles. The van der Waals surface area contributed by atoms with E-state index in [1.165, 1.54) is 10.6 Å². The lowest BCUT2D eigenvalue weighted by Crippen LogP contribution is -2.27. The third-order valence-electron chi connectivity index (χ3n) is 3.07. The van der Waals surface area contributed by atoms with Crippen molar-refractivity contribution < 1.29 is 8.42 Å². The van der Waals surface area contributed by atoms with E-state index in [1.54, 1.807) is 7.05 Å². The Labute approximate surface area is 103 Å². The Bertz CT molecular complexity index is 491. The smallest absolute Gasteiger partial charge is 0.210 e. The van der Waals surface area contributed by atoms with E-state index in [0.29, 0.717) is 13.0 Å². The molecule has 0 N–H and O–H groups in total. The molecule has 0 saturated heterocycles. The maximum atomic E-state index is 11.3. The third-order valence-corrected chi connectivity index (χ3v) is 4.39. The van der Waals surface area contributed by atoms with Crippen LogP contribution in [0.3, 0.4) is 0 Å². The van der Waals surface area contributed by atoms with Crippen LogP contribution in [0.1, 0.15) is 23.9 Å². The van der Waals surface area contributed by atoms with E-state index < -0.39 is 10.0 Å². The molecule has 0 amide bonds. The normalized spacial score (nSPS) is 12.4. The van der Waals surface area contributed by atoms with Gasteiger partial charge < -0.3 is 0 Å². The Kier molecular flexibility index (Phi) is 4.32. The second-order valence-corrected chi connectivity index (χ2v) is 6.39. The summed E-state index contributed by atoms with van der Waals surface area (Å²) in [5.74, 6) is 0. The van der Waals surface area contributed by atoms with Crippen LogP contribution in [0.25, 0.3) is 0 Å². The van der Waals surface area contributed by atoms with Gasteiger partial charge in [0.25, 0.3) is 0 Å². The molecule has 0 atom stereocenters. The van der Waals surface area contributed by atoms with Gasteiger partial charge in [-0.1, -0.05) is 0 Å². The first-order valence-corrected chi connectivity index (χ1v) is 7.56. The summed E-state index contributed by atoms with van der Waals surface area (Å²) < 4.78 is 25.9. The van der Waals surface area contributed by atoms with E-state index in [0.717, 1.165) is 23.5 Å². The number of rotatable bonds is 5. The average molecular weight is 259 g/mol. The molecule has 0 aliphatic rings. The Morgan fingerprint density at radius 1 is 1.35 bits per heavy atom. The molecule has 0 spiro atoms. The highest BCUT2D eigenvalue weighted by molar-refractivity contribution is 7.88. The van der Waals surface area contributed by atoms with Crippen LogP contribution in [-0.4, -0.2) is 42.4 Å². The van der Waals surface area contributed by atoms with Crippen LogP contribution < -0.4 is 0 Å². The number of likely N-dealkylation sites (N-methyl/N-ethyl adjacent to an activating group) is 1. The minimum absolute atomic E-state index is 0.496. The van der Waals surface area contributed by atoms with Crippen molar-refractivity contribution in [2.45, 2.75) is 33.7 Å². The fourth-order valence-corrected chi connectivity index (χ4v) is 2.26. The van der Waals surface area contributed by atoms with Crippen LogP contribution in [-0.2, 0) is 23.0 Å². The summed E-state index contributed by atoms with van der Waals surface area (Å²) in [5.41, 5.74) is 3.28. The van der Waals surface area contributed by atoms with Crippen molar-refractivity contribution in [1.29, 1.82) is 0 Å². The number of hydrogen-bond donors (Lipinski definition) is 0. The van der Waals surface area contributed by atoms with E-state index in [1.807, 2.05) is 25.5 Å². The topological polar surface area (TPSA) is 55.2 Å². The van der Waals surface area contributed by atoms with E-state index in [4.69, 9.17) is 0 Å². The zero-order valence-corrected chi connectivity index (χ0v) is 12.0. The van der Waals surface area contributed by atoms with Crippen molar-refractivity contribution in [3.05, 3.63) is 17.0 Å². The van der Waals surface area contributed by atoms with E-state index >= 15 is 0 Å². The van der Waals surface area contributed by atoms with Gasteiger partial charge in [-0.2, -0.15) is 5.10 Å². The molecule has 1 heterocycles. The van der Waals surface area contributed by atoms with Crippen molar-refractivity contribution in [2.24, 2.45) is 0 Å². The number of aryl methyl sites for hydroxylation is 2. The van der Waals surface area contributed by atoms with Crippen molar-refractivity contribution in [1.82, 2.24) is 14.1 Å².